The number of fused-ring (bicyclic) bond motifs is 2. The van der Waals surface area contributed by atoms with Gasteiger partial charge in [-0.3, -0.25) is 0 Å². The number of rotatable bonds is 4. The highest BCUT2D eigenvalue weighted by molar-refractivity contribution is 5.55. The molecule has 3 aliphatic rings. The van der Waals surface area contributed by atoms with Crippen molar-refractivity contribution in [3.63, 3.8) is 0 Å². The smallest absolute Gasteiger partial charge is 0.127 e. The molecule has 1 heterocycles. The van der Waals surface area contributed by atoms with Crippen LogP contribution in [-0.2, 0) is 6.42 Å². The second kappa shape index (κ2) is 4.91. The molecule has 23 heavy (non-hydrogen) atoms. The Morgan fingerprint density at radius 2 is 2.00 bits per heavy atom. The van der Waals surface area contributed by atoms with Crippen LogP contribution in [0.4, 0.5) is 0 Å². The predicted molar refractivity (Wildman–Crippen MR) is 93.1 cm³/mol. The van der Waals surface area contributed by atoms with Crippen LogP contribution in [0, 0.1) is 17.3 Å². The van der Waals surface area contributed by atoms with E-state index in [1.807, 2.05) is 6.07 Å². The molecule has 4 rings (SSSR count). The largest absolute Gasteiger partial charge is 0.508 e. The molecule has 2 heteroatoms. The second-order valence-electron chi connectivity index (χ2n) is 8.87. The van der Waals surface area contributed by atoms with Crippen molar-refractivity contribution in [1.29, 1.82) is 0 Å². The van der Waals surface area contributed by atoms with Crippen molar-refractivity contribution in [2.45, 2.75) is 77.7 Å². The van der Waals surface area contributed by atoms with Crippen LogP contribution in [0.15, 0.2) is 12.1 Å². The fraction of sp³-hybridized carbons (Fsp3) is 0.714. The van der Waals surface area contributed by atoms with Gasteiger partial charge in [-0.25, -0.2) is 0 Å². The lowest BCUT2D eigenvalue weighted by Crippen LogP contribution is -2.59. The first-order valence-corrected chi connectivity index (χ1v) is 9.43. The number of aromatic hydroxyl groups is 1. The number of hydrogen-bond donors (Lipinski definition) is 1. The topological polar surface area (TPSA) is 29.5 Å². The maximum Gasteiger partial charge on any atom is 0.127 e. The molecule has 2 nitrogen and oxygen atoms in total. The Kier molecular flexibility index (Phi) is 3.28. The Hall–Kier alpha value is -1.18. The molecule has 0 saturated heterocycles. The van der Waals surface area contributed by atoms with Gasteiger partial charge in [0.25, 0.3) is 0 Å². The number of phenolic OH excluding ortho intramolecular Hbond substituents is 1. The van der Waals surface area contributed by atoms with E-state index in [2.05, 4.69) is 33.8 Å². The highest BCUT2D eigenvalue weighted by Gasteiger charge is 2.69. The summed E-state index contributed by atoms with van der Waals surface area (Å²) >= 11 is 0. The lowest BCUT2D eigenvalue weighted by molar-refractivity contribution is -0.121. The molecule has 2 saturated carbocycles. The molecule has 0 amide bonds. The second-order valence-corrected chi connectivity index (χ2v) is 8.87. The van der Waals surface area contributed by atoms with Crippen molar-refractivity contribution in [3.05, 3.63) is 23.3 Å². The van der Waals surface area contributed by atoms with Crippen LogP contribution in [0.1, 0.15) is 76.8 Å². The molecule has 126 valence electrons. The Balaban J connectivity index is 1.73. The predicted octanol–water partition coefficient (Wildman–Crippen LogP) is 5.43. The van der Waals surface area contributed by atoms with Crippen molar-refractivity contribution >= 4 is 0 Å². The fourth-order valence-electron chi connectivity index (χ4n) is 5.92. The Morgan fingerprint density at radius 3 is 2.74 bits per heavy atom. The molecule has 0 unspecified atom stereocenters. The zero-order valence-electron chi connectivity index (χ0n) is 15.0. The van der Waals surface area contributed by atoms with Gasteiger partial charge in [0.05, 0.1) is 0 Å². The van der Waals surface area contributed by atoms with Crippen LogP contribution in [0.5, 0.6) is 11.5 Å². The highest BCUT2D eigenvalue weighted by Crippen LogP contribution is 2.74. The van der Waals surface area contributed by atoms with Gasteiger partial charge in [0.1, 0.15) is 17.1 Å². The van der Waals surface area contributed by atoms with Gasteiger partial charge >= 0.3 is 0 Å². The summed E-state index contributed by atoms with van der Waals surface area (Å²) in [6, 6.07) is 4.22. The van der Waals surface area contributed by atoms with Gasteiger partial charge in [-0.1, -0.05) is 33.6 Å². The van der Waals surface area contributed by atoms with Gasteiger partial charge in [-0.05, 0) is 61.6 Å². The molecule has 0 spiro atoms. The zero-order chi connectivity index (χ0) is 16.4. The van der Waals surface area contributed by atoms with Crippen LogP contribution in [0.3, 0.4) is 0 Å². The molecule has 0 aromatic heterocycles. The normalized spacial score (nSPS) is 35.9. The molecule has 1 aliphatic heterocycles. The molecule has 2 fully saturated rings. The summed E-state index contributed by atoms with van der Waals surface area (Å²) in [6.45, 7) is 9.29. The SMILES string of the molecule is CCCCCc1cc(O)c2c(c1)O[C@@]1(C)CC[C@@H]3[C@H]1[C@H]2C3(C)C. The summed E-state index contributed by atoms with van der Waals surface area (Å²) in [5.41, 5.74) is 2.58. The van der Waals surface area contributed by atoms with E-state index in [4.69, 9.17) is 4.74 Å². The van der Waals surface area contributed by atoms with Crippen LogP contribution in [0.2, 0.25) is 0 Å². The van der Waals surface area contributed by atoms with Crippen LogP contribution < -0.4 is 4.74 Å². The number of benzene rings is 1. The first-order valence-electron chi connectivity index (χ1n) is 9.43. The average Bonchev–Trinajstić information content (AvgIpc) is 2.81. The minimum Gasteiger partial charge on any atom is -0.508 e. The van der Waals surface area contributed by atoms with Crippen molar-refractivity contribution < 1.29 is 9.84 Å². The number of unbranched alkanes of at least 4 members (excludes halogenated alkanes) is 2. The van der Waals surface area contributed by atoms with E-state index in [1.165, 1.54) is 31.2 Å². The number of phenols is 1. The maximum atomic E-state index is 10.7. The third kappa shape index (κ3) is 1.99. The summed E-state index contributed by atoms with van der Waals surface area (Å²) in [5, 5.41) is 10.7. The van der Waals surface area contributed by atoms with E-state index < -0.39 is 0 Å². The molecule has 2 aliphatic carbocycles. The molecule has 1 aromatic rings. The van der Waals surface area contributed by atoms with Gasteiger partial charge in [-0.15, -0.1) is 0 Å². The van der Waals surface area contributed by atoms with E-state index >= 15 is 0 Å². The van der Waals surface area contributed by atoms with Crippen molar-refractivity contribution in [2.24, 2.45) is 17.3 Å². The molecule has 1 aromatic carbocycles. The average molecular weight is 314 g/mol. The van der Waals surface area contributed by atoms with Crippen LogP contribution in [-0.4, -0.2) is 10.7 Å². The first-order chi connectivity index (χ1) is 10.9. The van der Waals surface area contributed by atoms with E-state index in [0.717, 1.165) is 30.1 Å². The summed E-state index contributed by atoms with van der Waals surface area (Å²) in [4.78, 5) is 0. The highest BCUT2D eigenvalue weighted by atomic mass is 16.5. The monoisotopic (exact) mass is 314 g/mol. The fourth-order valence-corrected chi connectivity index (χ4v) is 5.92. The van der Waals surface area contributed by atoms with Crippen molar-refractivity contribution in [1.82, 2.24) is 0 Å². The standard InChI is InChI=1S/C21H30O2/c1-5-6-7-8-13-11-15(22)17-16(12-13)23-21(4)10-9-14-18(21)19(17)20(14,2)3/h11-12,14,18-19,22H,5-10H2,1-4H3/t14-,18+,19+,21+/m1/s1. The third-order valence-electron chi connectivity index (χ3n) is 7.11. The quantitative estimate of drug-likeness (QED) is 0.751. The first kappa shape index (κ1) is 15.4. The van der Waals surface area contributed by atoms with Gasteiger partial charge < -0.3 is 9.84 Å². The summed E-state index contributed by atoms with van der Waals surface area (Å²) in [5.74, 6) is 3.22. The molecule has 4 atom stereocenters. The minimum absolute atomic E-state index is 0.0215. The Morgan fingerprint density at radius 1 is 1.22 bits per heavy atom. The molecule has 0 radical (unpaired) electrons. The van der Waals surface area contributed by atoms with E-state index in [1.54, 1.807) is 0 Å². The van der Waals surface area contributed by atoms with Gasteiger partial charge in [0, 0.05) is 17.4 Å². The van der Waals surface area contributed by atoms with E-state index in [-0.39, 0.29) is 11.0 Å². The lowest BCUT2D eigenvalue weighted by Gasteiger charge is -2.62. The Bertz CT molecular complexity index is 633. The van der Waals surface area contributed by atoms with Crippen molar-refractivity contribution in [3.8, 4) is 11.5 Å². The summed E-state index contributed by atoms with van der Waals surface area (Å²) in [6.07, 6.45) is 7.12. The van der Waals surface area contributed by atoms with E-state index in [9.17, 15) is 5.11 Å². The van der Waals surface area contributed by atoms with E-state index in [0.29, 0.717) is 17.6 Å². The molecular weight excluding hydrogens is 284 g/mol. The zero-order valence-corrected chi connectivity index (χ0v) is 15.0. The third-order valence-corrected chi connectivity index (χ3v) is 7.11. The van der Waals surface area contributed by atoms with Crippen molar-refractivity contribution in [2.75, 3.05) is 0 Å². The number of aryl methyl sites for hydroxylation is 1. The number of hydrogen-bond acceptors (Lipinski definition) is 2. The minimum atomic E-state index is -0.0215. The maximum absolute atomic E-state index is 10.7. The van der Waals surface area contributed by atoms with Gasteiger partial charge in [-0.2, -0.15) is 0 Å². The van der Waals surface area contributed by atoms with Crippen LogP contribution >= 0.6 is 0 Å². The number of ether oxygens (including phenoxy) is 1. The molecule has 1 N–H and O–H groups in total. The van der Waals surface area contributed by atoms with Crippen LogP contribution in [0.25, 0.3) is 0 Å². The summed E-state index contributed by atoms with van der Waals surface area (Å²) in [7, 11) is 0. The van der Waals surface area contributed by atoms with Gasteiger partial charge in [0.15, 0.2) is 0 Å². The Labute approximate surface area is 140 Å². The lowest BCUT2D eigenvalue weighted by atomic mass is 9.45. The molecule has 0 bridgehead atoms. The molecular formula is C21H30O2. The van der Waals surface area contributed by atoms with Gasteiger partial charge in [0.2, 0.25) is 0 Å². The summed E-state index contributed by atoms with van der Waals surface area (Å²) < 4.78 is 6.51.